The highest BCUT2D eigenvalue weighted by atomic mass is 32.2. The predicted molar refractivity (Wildman–Crippen MR) is 121 cm³/mol. The van der Waals surface area contributed by atoms with Gasteiger partial charge >= 0.3 is 0 Å². The molecule has 8 heteroatoms. The number of methoxy groups -OCH3 is 1. The lowest BCUT2D eigenvalue weighted by atomic mass is 10.2. The number of amides is 1. The fourth-order valence-electron chi connectivity index (χ4n) is 3.45. The Morgan fingerprint density at radius 3 is 2.84 bits per heavy atom. The Hall–Kier alpha value is -2.84. The van der Waals surface area contributed by atoms with Crippen LogP contribution in [0, 0.1) is 6.92 Å². The molecule has 7 nitrogen and oxygen atoms in total. The van der Waals surface area contributed by atoms with Crippen LogP contribution in [0.3, 0.4) is 0 Å². The summed E-state index contributed by atoms with van der Waals surface area (Å²) in [4.78, 5) is 12.4. The molecular formula is C23H26N4O3S. The van der Waals surface area contributed by atoms with Crippen molar-refractivity contribution in [2.75, 3.05) is 26.0 Å². The van der Waals surface area contributed by atoms with Gasteiger partial charge < -0.3 is 14.8 Å². The van der Waals surface area contributed by atoms with Gasteiger partial charge in [-0.1, -0.05) is 41.6 Å². The van der Waals surface area contributed by atoms with Gasteiger partial charge in [0.25, 0.3) is 0 Å². The first-order valence-electron chi connectivity index (χ1n) is 10.3. The lowest BCUT2D eigenvalue weighted by molar-refractivity contribution is -0.119. The summed E-state index contributed by atoms with van der Waals surface area (Å²) in [6.07, 6.45) is 2.19. The molecule has 1 saturated heterocycles. The summed E-state index contributed by atoms with van der Waals surface area (Å²) in [5, 5.41) is 12.4. The molecule has 1 aliphatic heterocycles. The van der Waals surface area contributed by atoms with Gasteiger partial charge in [-0.2, -0.15) is 0 Å². The maximum Gasteiger partial charge on any atom is 0.230 e. The minimum atomic E-state index is -0.0399. The first-order valence-corrected chi connectivity index (χ1v) is 11.3. The number of nitrogens with zero attached hydrogens (tertiary/aromatic N) is 3. The van der Waals surface area contributed by atoms with Crippen LogP contribution in [-0.2, 0) is 9.53 Å². The maximum atomic E-state index is 12.4. The zero-order chi connectivity index (χ0) is 21.6. The molecule has 1 aromatic heterocycles. The molecule has 1 amide bonds. The molecule has 4 rings (SSSR count). The van der Waals surface area contributed by atoms with Crippen LogP contribution in [0.1, 0.15) is 18.4 Å². The molecule has 2 heterocycles. The summed E-state index contributed by atoms with van der Waals surface area (Å²) in [6.45, 7) is 3.38. The molecule has 1 fully saturated rings. The molecule has 0 aliphatic carbocycles. The van der Waals surface area contributed by atoms with E-state index in [1.54, 1.807) is 7.11 Å². The van der Waals surface area contributed by atoms with Gasteiger partial charge in [0.15, 0.2) is 11.0 Å². The zero-order valence-corrected chi connectivity index (χ0v) is 18.5. The second-order valence-corrected chi connectivity index (χ2v) is 8.38. The smallest absolute Gasteiger partial charge is 0.230 e. The average molecular weight is 439 g/mol. The Kier molecular flexibility index (Phi) is 6.89. The van der Waals surface area contributed by atoms with Gasteiger partial charge in [0.2, 0.25) is 5.91 Å². The standard InChI is InChI=1S/C23H26N4O3S/c1-16-8-10-18(11-9-16)27-22(17-5-3-6-19(13-17)29-2)25-26-23(27)31-15-21(28)24-14-20-7-4-12-30-20/h3,5-6,8-11,13,20H,4,7,12,14-15H2,1-2H3,(H,24,28). The number of carbonyl (C=O) groups is 1. The molecule has 1 unspecified atom stereocenters. The Morgan fingerprint density at radius 2 is 2.10 bits per heavy atom. The van der Waals surface area contributed by atoms with Gasteiger partial charge in [0.1, 0.15) is 5.75 Å². The van der Waals surface area contributed by atoms with Crippen molar-refractivity contribution in [1.82, 2.24) is 20.1 Å². The number of benzene rings is 2. The van der Waals surface area contributed by atoms with Crippen LogP contribution in [0.4, 0.5) is 0 Å². The summed E-state index contributed by atoms with van der Waals surface area (Å²) in [5.41, 5.74) is 3.00. The SMILES string of the molecule is COc1cccc(-c2nnc(SCC(=O)NCC3CCCO3)n2-c2ccc(C)cc2)c1. The first kappa shape index (κ1) is 21.4. The predicted octanol–water partition coefficient (Wildman–Crippen LogP) is 3.64. The molecule has 0 bridgehead atoms. The van der Waals surface area contributed by atoms with E-state index in [-0.39, 0.29) is 17.8 Å². The van der Waals surface area contributed by atoms with E-state index in [1.807, 2.05) is 60.0 Å². The van der Waals surface area contributed by atoms with E-state index in [0.717, 1.165) is 36.4 Å². The molecule has 1 atom stereocenters. The molecule has 1 aliphatic rings. The fraction of sp³-hybridized carbons (Fsp3) is 0.348. The number of thioether (sulfide) groups is 1. The number of hydrogen-bond acceptors (Lipinski definition) is 6. The summed E-state index contributed by atoms with van der Waals surface area (Å²) >= 11 is 1.37. The number of aryl methyl sites for hydroxylation is 1. The van der Waals surface area contributed by atoms with E-state index >= 15 is 0 Å². The van der Waals surface area contributed by atoms with Crippen molar-refractivity contribution >= 4 is 17.7 Å². The normalized spacial score (nSPS) is 15.7. The van der Waals surface area contributed by atoms with Gasteiger partial charge in [-0.05, 0) is 44.0 Å². The van der Waals surface area contributed by atoms with Gasteiger partial charge in [-0.25, -0.2) is 0 Å². The van der Waals surface area contributed by atoms with Gasteiger partial charge in [-0.15, -0.1) is 10.2 Å². The third kappa shape index (κ3) is 5.26. The van der Waals surface area contributed by atoms with E-state index in [4.69, 9.17) is 9.47 Å². The molecule has 1 N–H and O–H groups in total. The minimum absolute atomic E-state index is 0.0399. The summed E-state index contributed by atoms with van der Waals surface area (Å²) in [5.74, 6) is 1.67. The molecule has 0 spiro atoms. The molecular weight excluding hydrogens is 412 g/mol. The number of rotatable bonds is 8. The summed E-state index contributed by atoms with van der Waals surface area (Å²) < 4.78 is 12.9. The van der Waals surface area contributed by atoms with Crippen LogP contribution < -0.4 is 10.1 Å². The number of carbonyl (C=O) groups excluding carboxylic acids is 1. The first-order chi connectivity index (χ1) is 15.1. The summed E-state index contributed by atoms with van der Waals surface area (Å²) in [7, 11) is 1.64. The number of aromatic nitrogens is 3. The highest BCUT2D eigenvalue weighted by Gasteiger charge is 2.19. The highest BCUT2D eigenvalue weighted by molar-refractivity contribution is 7.99. The van der Waals surface area contributed by atoms with E-state index in [2.05, 4.69) is 15.5 Å². The lowest BCUT2D eigenvalue weighted by Gasteiger charge is -2.12. The van der Waals surface area contributed by atoms with Crippen LogP contribution in [0.5, 0.6) is 5.75 Å². The van der Waals surface area contributed by atoms with Gasteiger partial charge in [-0.3, -0.25) is 9.36 Å². The lowest BCUT2D eigenvalue weighted by Crippen LogP contribution is -2.32. The average Bonchev–Trinajstić information content (AvgIpc) is 3.47. The molecule has 2 aromatic carbocycles. The maximum absolute atomic E-state index is 12.4. The van der Waals surface area contributed by atoms with E-state index in [0.29, 0.717) is 17.5 Å². The topological polar surface area (TPSA) is 78.3 Å². The third-order valence-electron chi connectivity index (χ3n) is 5.14. The van der Waals surface area contributed by atoms with Crippen molar-refractivity contribution in [1.29, 1.82) is 0 Å². The van der Waals surface area contributed by atoms with Gasteiger partial charge in [0, 0.05) is 24.4 Å². The van der Waals surface area contributed by atoms with E-state index < -0.39 is 0 Å². The Bertz CT molecular complexity index is 1030. The number of ether oxygens (including phenoxy) is 2. The van der Waals surface area contributed by atoms with Crippen LogP contribution in [-0.4, -0.2) is 52.8 Å². The third-order valence-corrected chi connectivity index (χ3v) is 6.07. The van der Waals surface area contributed by atoms with Crippen LogP contribution in [0.2, 0.25) is 0 Å². The van der Waals surface area contributed by atoms with Crippen molar-refractivity contribution < 1.29 is 14.3 Å². The van der Waals surface area contributed by atoms with Crippen molar-refractivity contribution in [2.45, 2.75) is 31.0 Å². The van der Waals surface area contributed by atoms with E-state index in [9.17, 15) is 4.79 Å². The molecule has 0 saturated carbocycles. The fourth-order valence-corrected chi connectivity index (χ4v) is 4.24. The quantitative estimate of drug-likeness (QED) is 0.541. The highest BCUT2D eigenvalue weighted by Crippen LogP contribution is 2.29. The zero-order valence-electron chi connectivity index (χ0n) is 17.7. The molecule has 31 heavy (non-hydrogen) atoms. The Labute approximate surface area is 186 Å². The van der Waals surface area contributed by atoms with Crippen molar-refractivity contribution in [3.05, 3.63) is 54.1 Å². The molecule has 3 aromatic rings. The Morgan fingerprint density at radius 1 is 1.26 bits per heavy atom. The number of hydrogen-bond donors (Lipinski definition) is 1. The number of nitrogens with one attached hydrogen (secondary N) is 1. The minimum Gasteiger partial charge on any atom is -0.497 e. The Balaban J connectivity index is 1.56. The van der Waals surface area contributed by atoms with Crippen LogP contribution in [0.25, 0.3) is 17.1 Å². The summed E-state index contributed by atoms with van der Waals surface area (Å²) in [6, 6.07) is 15.9. The van der Waals surface area contributed by atoms with E-state index in [1.165, 1.54) is 17.3 Å². The molecule has 162 valence electrons. The van der Waals surface area contributed by atoms with Crippen LogP contribution >= 0.6 is 11.8 Å². The van der Waals surface area contributed by atoms with Crippen molar-refractivity contribution in [2.24, 2.45) is 0 Å². The second-order valence-electron chi connectivity index (χ2n) is 7.44. The monoisotopic (exact) mass is 438 g/mol. The second kappa shape index (κ2) is 9.98. The van der Waals surface area contributed by atoms with Crippen molar-refractivity contribution in [3.8, 4) is 22.8 Å². The van der Waals surface area contributed by atoms with Crippen LogP contribution in [0.15, 0.2) is 53.7 Å². The molecule has 0 radical (unpaired) electrons. The van der Waals surface area contributed by atoms with Gasteiger partial charge in [0.05, 0.1) is 19.0 Å². The largest absolute Gasteiger partial charge is 0.497 e. The van der Waals surface area contributed by atoms with Crippen molar-refractivity contribution in [3.63, 3.8) is 0 Å².